The molecule has 4 aromatic rings. The smallest absolute Gasteiger partial charge is 0.163 e. The normalized spacial score (nSPS) is 10.7. The molecule has 4 rings (SSSR count). The lowest BCUT2D eigenvalue weighted by molar-refractivity contribution is 0.928. The van der Waals surface area contributed by atoms with Gasteiger partial charge in [0.1, 0.15) is 11.6 Å². The van der Waals surface area contributed by atoms with Crippen molar-refractivity contribution in [3.8, 4) is 33.9 Å². The highest BCUT2D eigenvalue weighted by molar-refractivity contribution is 5.70. The van der Waals surface area contributed by atoms with Crippen LogP contribution < -0.4 is 0 Å². The highest BCUT2D eigenvalue weighted by Crippen LogP contribution is 2.25. The topological polar surface area (TPSA) is 64.5 Å². The predicted molar refractivity (Wildman–Crippen MR) is 101 cm³/mol. The molecule has 0 spiro atoms. The van der Waals surface area contributed by atoms with Gasteiger partial charge in [0.15, 0.2) is 5.82 Å². The van der Waals surface area contributed by atoms with Gasteiger partial charge in [-0.2, -0.15) is 0 Å². The fourth-order valence-corrected chi connectivity index (χ4v) is 2.81. The van der Waals surface area contributed by atoms with Crippen LogP contribution in [0.5, 0.6) is 0 Å². The number of benzene rings is 1. The third-order valence-corrected chi connectivity index (χ3v) is 4.00. The van der Waals surface area contributed by atoms with Crippen LogP contribution in [-0.4, -0.2) is 24.9 Å². The minimum Gasteiger partial charge on any atom is -0.255 e. The maximum atomic E-state index is 4.55. The lowest BCUT2D eigenvalue weighted by atomic mass is 10.0. The molecule has 126 valence electrons. The molecule has 0 aliphatic carbocycles. The molecule has 0 fully saturated rings. The Morgan fingerprint density at radius 3 is 2.08 bits per heavy atom. The van der Waals surface area contributed by atoms with Crippen molar-refractivity contribution in [1.82, 2.24) is 24.9 Å². The molecular weight excluding hydrogens is 322 g/mol. The lowest BCUT2D eigenvalue weighted by Gasteiger charge is -2.07. The van der Waals surface area contributed by atoms with Crippen molar-refractivity contribution in [2.24, 2.45) is 0 Å². The maximum absolute atomic E-state index is 4.55. The van der Waals surface area contributed by atoms with Crippen molar-refractivity contribution < 1.29 is 0 Å². The van der Waals surface area contributed by atoms with Gasteiger partial charge in [0.25, 0.3) is 0 Å². The Hall–Kier alpha value is -3.47. The quantitative estimate of drug-likeness (QED) is 0.557. The molecule has 5 nitrogen and oxygen atoms in total. The van der Waals surface area contributed by atoms with E-state index in [1.807, 2.05) is 56.4 Å². The van der Waals surface area contributed by atoms with Gasteiger partial charge < -0.3 is 0 Å². The van der Waals surface area contributed by atoms with Crippen molar-refractivity contribution in [2.75, 3.05) is 0 Å². The zero-order chi connectivity index (χ0) is 17.9. The molecule has 3 aromatic heterocycles. The molecule has 0 N–H and O–H groups in total. The zero-order valence-corrected chi connectivity index (χ0v) is 14.6. The summed E-state index contributed by atoms with van der Waals surface area (Å²) in [6, 6.07) is 18.0. The molecule has 0 amide bonds. The molecule has 3 heterocycles. The summed E-state index contributed by atoms with van der Waals surface area (Å²) in [7, 11) is 0. The molecule has 0 saturated carbocycles. The largest absolute Gasteiger partial charge is 0.255 e. The minimum atomic E-state index is 0.690. The van der Waals surface area contributed by atoms with E-state index in [2.05, 4.69) is 43.1 Å². The van der Waals surface area contributed by atoms with Crippen LogP contribution in [0.2, 0.25) is 0 Å². The molecule has 0 bridgehead atoms. The number of hydrogen-bond acceptors (Lipinski definition) is 5. The SMILES string of the molecule is Cc1nc(C)nc(-c2cccc(-c3ccc(-c4ccccn4)nc3)c2)n1. The predicted octanol–water partition coefficient (Wildman–Crippen LogP) is 4.28. The minimum absolute atomic E-state index is 0.690. The zero-order valence-electron chi connectivity index (χ0n) is 14.6. The molecule has 0 aliphatic heterocycles. The lowest BCUT2D eigenvalue weighted by Crippen LogP contribution is -1.98. The second-order valence-corrected chi connectivity index (χ2v) is 5.98. The molecule has 5 heteroatoms. The third kappa shape index (κ3) is 3.32. The number of aryl methyl sites for hydroxylation is 2. The fourth-order valence-electron chi connectivity index (χ4n) is 2.81. The van der Waals surface area contributed by atoms with Crippen LogP contribution in [-0.2, 0) is 0 Å². The average molecular weight is 339 g/mol. The standard InChI is InChI=1S/C21H17N5/c1-14-24-15(2)26-21(25-14)17-7-5-6-16(12-17)18-9-10-20(23-13-18)19-8-3-4-11-22-19/h3-13H,1-2H3. The first-order valence-corrected chi connectivity index (χ1v) is 8.36. The molecule has 0 unspecified atom stereocenters. The summed E-state index contributed by atoms with van der Waals surface area (Å²) in [6.07, 6.45) is 3.64. The second-order valence-electron chi connectivity index (χ2n) is 5.98. The summed E-state index contributed by atoms with van der Waals surface area (Å²) in [6.45, 7) is 3.75. The van der Waals surface area contributed by atoms with Crippen molar-refractivity contribution >= 4 is 0 Å². The van der Waals surface area contributed by atoms with E-state index >= 15 is 0 Å². The van der Waals surface area contributed by atoms with E-state index < -0.39 is 0 Å². The second kappa shape index (κ2) is 6.80. The number of hydrogen-bond donors (Lipinski definition) is 0. The van der Waals surface area contributed by atoms with Gasteiger partial charge in [0, 0.05) is 23.5 Å². The van der Waals surface area contributed by atoms with Gasteiger partial charge in [0.2, 0.25) is 0 Å². The van der Waals surface area contributed by atoms with Crippen molar-refractivity contribution in [2.45, 2.75) is 13.8 Å². The van der Waals surface area contributed by atoms with E-state index in [-0.39, 0.29) is 0 Å². The highest BCUT2D eigenvalue weighted by atomic mass is 15.0. The van der Waals surface area contributed by atoms with Crippen molar-refractivity contribution in [3.05, 3.63) is 78.6 Å². The molecule has 0 radical (unpaired) electrons. The first-order chi connectivity index (χ1) is 12.7. The number of rotatable bonds is 3. The highest BCUT2D eigenvalue weighted by Gasteiger charge is 2.07. The third-order valence-electron chi connectivity index (χ3n) is 4.00. The summed E-state index contributed by atoms with van der Waals surface area (Å²) >= 11 is 0. The van der Waals surface area contributed by atoms with Crippen LogP contribution in [0.25, 0.3) is 33.9 Å². The summed E-state index contributed by atoms with van der Waals surface area (Å²) < 4.78 is 0. The van der Waals surface area contributed by atoms with Gasteiger partial charge in [-0.05, 0) is 43.7 Å². The first kappa shape index (κ1) is 16.0. The Balaban J connectivity index is 1.68. The number of pyridine rings is 2. The van der Waals surface area contributed by atoms with Gasteiger partial charge in [0.05, 0.1) is 11.4 Å². The summed E-state index contributed by atoms with van der Waals surface area (Å²) in [5.41, 5.74) is 4.79. The van der Waals surface area contributed by atoms with Gasteiger partial charge >= 0.3 is 0 Å². The Morgan fingerprint density at radius 1 is 0.615 bits per heavy atom. The summed E-state index contributed by atoms with van der Waals surface area (Å²) in [4.78, 5) is 22.0. The molecule has 1 aromatic carbocycles. The van der Waals surface area contributed by atoms with Crippen molar-refractivity contribution in [3.63, 3.8) is 0 Å². The van der Waals surface area contributed by atoms with Gasteiger partial charge in [-0.1, -0.05) is 30.3 Å². The van der Waals surface area contributed by atoms with Crippen LogP contribution in [0.4, 0.5) is 0 Å². The van der Waals surface area contributed by atoms with Crippen molar-refractivity contribution in [1.29, 1.82) is 0 Å². The monoisotopic (exact) mass is 339 g/mol. The Bertz CT molecular complexity index is 1020. The molecular formula is C21H17N5. The van der Waals surface area contributed by atoms with Crippen LogP contribution in [0.15, 0.2) is 67.0 Å². The van der Waals surface area contributed by atoms with Gasteiger partial charge in [-0.3, -0.25) is 9.97 Å². The molecule has 0 aliphatic rings. The number of aromatic nitrogens is 5. The molecule has 0 atom stereocenters. The molecule has 0 saturated heterocycles. The molecule has 26 heavy (non-hydrogen) atoms. The van der Waals surface area contributed by atoms with Gasteiger partial charge in [-0.15, -0.1) is 0 Å². The van der Waals surface area contributed by atoms with E-state index in [0.29, 0.717) is 5.82 Å². The van der Waals surface area contributed by atoms with E-state index in [1.165, 1.54) is 0 Å². The van der Waals surface area contributed by atoms with E-state index in [1.54, 1.807) is 6.20 Å². The Labute approximate surface area is 151 Å². The number of nitrogens with zero attached hydrogens (tertiary/aromatic N) is 5. The first-order valence-electron chi connectivity index (χ1n) is 8.36. The van der Waals surface area contributed by atoms with Crippen LogP contribution in [0.1, 0.15) is 11.6 Å². The fraction of sp³-hybridized carbons (Fsp3) is 0.0952. The van der Waals surface area contributed by atoms with Crippen LogP contribution in [0.3, 0.4) is 0 Å². The van der Waals surface area contributed by atoms with Crippen LogP contribution >= 0.6 is 0 Å². The Kier molecular flexibility index (Phi) is 4.19. The summed E-state index contributed by atoms with van der Waals surface area (Å²) in [5, 5.41) is 0. The van der Waals surface area contributed by atoms with E-state index in [0.717, 1.165) is 39.7 Å². The van der Waals surface area contributed by atoms with E-state index in [4.69, 9.17) is 0 Å². The average Bonchev–Trinajstić information content (AvgIpc) is 2.68. The van der Waals surface area contributed by atoms with E-state index in [9.17, 15) is 0 Å². The maximum Gasteiger partial charge on any atom is 0.163 e. The van der Waals surface area contributed by atoms with Gasteiger partial charge in [-0.25, -0.2) is 15.0 Å². The Morgan fingerprint density at radius 2 is 1.38 bits per heavy atom. The van der Waals surface area contributed by atoms with Crippen LogP contribution in [0, 0.1) is 13.8 Å². The summed E-state index contributed by atoms with van der Waals surface area (Å²) in [5.74, 6) is 2.13.